The van der Waals surface area contributed by atoms with Gasteiger partial charge in [-0.3, -0.25) is 0 Å². The molecule has 5 nitrogen and oxygen atoms in total. The van der Waals surface area contributed by atoms with E-state index in [9.17, 15) is 9.90 Å². The number of likely N-dealkylation sites (tertiary alicyclic amines) is 1. The van der Waals surface area contributed by atoms with Gasteiger partial charge in [0, 0.05) is 30.9 Å². The van der Waals surface area contributed by atoms with Crippen LogP contribution in [0.5, 0.6) is 0 Å². The molecule has 20 heavy (non-hydrogen) atoms. The molecule has 0 aliphatic carbocycles. The number of hydrogen-bond acceptors (Lipinski definition) is 4. The van der Waals surface area contributed by atoms with Gasteiger partial charge < -0.3 is 15.3 Å². The summed E-state index contributed by atoms with van der Waals surface area (Å²) >= 11 is 1.69. The van der Waals surface area contributed by atoms with E-state index < -0.39 is 6.10 Å². The van der Waals surface area contributed by atoms with Gasteiger partial charge in [0.1, 0.15) is 0 Å². The maximum absolute atomic E-state index is 12.0. The molecular weight excluding hydrogens is 274 g/mol. The molecule has 0 saturated carbocycles. The molecule has 0 aromatic carbocycles. The highest BCUT2D eigenvalue weighted by molar-refractivity contribution is 7.11. The van der Waals surface area contributed by atoms with Crippen molar-refractivity contribution in [3.63, 3.8) is 0 Å². The van der Waals surface area contributed by atoms with Crippen LogP contribution in [0.2, 0.25) is 0 Å². The Hall–Kier alpha value is -1.14. The molecule has 2 atom stereocenters. The molecule has 2 N–H and O–H groups in total. The molecule has 0 radical (unpaired) electrons. The van der Waals surface area contributed by atoms with Gasteiger partial charge in [0.05, 0.1) is 16.8 Å². The second-order valence-corrected chi connectivity index (χ2v) is 6.79. The van der Waals surface area contributed by atoms with Crippen molar-refractivity contribution in [3.8, 4) is 0 Å². The van der Waals surface area contributed by atoms with Crippen molar-refractivity contribution in [2.75, 3.05) is 19.6 Å². The maximum atomic E-state index is 12.0. The third kappa shape index (κ3) is 3.70. The van der Waals surface area contributed by atoms with Crippen molar-refractivity contribution in [2.24, 2.45) is 5.92 Å². The van der Waals surface area contributed by atoms with Crippen LogP contribution in [0.1, 0.15) is 28.9 Å². The molecule has 1 aliphatic heterocycles. The number of aliphatic hydroxyl groups excluding tert-OH is 1. The van der Waals surface area contributed by atoms with Crippen LogP contribution in [-0.2, 0) is 6.42 Å². The van der Waals surface area contributed by atoms with E-state index in [4.69, 9.17) is 0 Å². The summed E-state index contributed by atoms with van der Waals surface area (Å²) in [5.41, 5.74) is 1.06. The minimum atomic E-state index is -0.402. The topological polar surface area (TPSA) is 65.5 Å². The lowest BCUT2D eigenvalue weighted by Crippen LogP contribution is -2.49. The van der Waals surface area contributed by atoms with Crippen LogP contribution in [0.3, 0.4) is 0 Å². The molecular formula is C14H23N3O2S. The Kier molecular flexibility index (Phi) is 4.99. The smallest absolute Gasteiger partial charge is 0.317 e. The average Bonchev–Trinajstić information content (AvgIpc) is 2.71. The summed E-state index contributed by atoms with van der Waals surface area (Å²) in [4.78, 5) is 19.3. The second kappa shape index (κ2) is 6.54. The van der Waals surface area contributed by atoms with E-state index in [1.54, 1.807) is 16.2 Å². The first kappa shape index (κ1) is 15.3. The molecule has 112 valence electrons. The molecule has 2 unspecified atom stereocenters. The van der Waals surface area contributed by atoms with Gasteiger partial charge >= 0.3 is 6.03 Å². The molecule has 1 aliphatic rings. The number of urea groups is 1. The summed E-state index contributed by atoms with van der Waals surface area (Å²) in [7, 11) is 0. The minimum Gasteiger partial charge on any atom is -0.391 e. The highest BCUT2D eigenvalue weighted by Gasteiger charge is 2.26. The van der Waals surface area contributed by atoms with E-state index in [0.717, 1.165) is 30.1 Å². The van der Waals surface area contributed by atoms with Crippen LogP contribution in [0.15, 0.2) is 0 Å². The number of aromatic nitrogens is 1. The minimum absolute atomic E-state index is 0.0742. The van der Waals surface area contributed by atoms with Crippen LogP contribution >= 0.6 is 11.3 Å². The van der Waals surface area contributed by atoms with Gasteiger partial charge in [0.25, 0.3) is 0 Å². The normalized spacial score (nSPS) is 22.9. The molecule has 1 fully saturated rings. The summed E-state index contributed by atoms with van der Waals surface area (Å²) in [6.07, 6.45) is 1.28. The van der Waals surface area contributed by atoms with Crippen molar-refractivity contribution in [2.45, 2.75) is 39.7 Å². The van der Waals surface area contributed by atoms with Gasteiger partial charge in [-0.1, -0.05) is 6.92 Å². The molecule has 2 heterocycles. The zero-order valence-electron chi connectivity index (χ0n) is 12.3. The summed E-state index contributed by atoms with van der Waals surface area (Å²) in [6.45, 7) is 7.80. The summed E-state index contributed by atoms with van der Waals surface area (Å²) in [5.74, 6) is 0.280. The summed E-state index contributed by atoms with van der Waals surface area (Å²) in [6, 6.07) is -0.0742. The number of piperidine rings is 1. The molecule has 6 heteroatoms. The van der Waals surface area contributed by atoms with Gasteiger partial charge in [-0.15, -0.1) is 11.3 Å². The fraction of sp³-hybridized carbons (Fsp3) is 0.714. The van der Waals surface area contributed by atoms with Gasteiger partial charge in [-0.2, -0.15) is 0 Å². The monoisotopic (exact) mass is 297 g/mol. The lowest BCUT2D eigenvalue weighted by molar-refractivity contribution is 0.0436. The molecule has 2 rings (SSSR count). The third-order valence-electron chi connectivity index (χ3n) is 3.83. The number of carbonyl (C=O) groups excluding carboxylic acids is 1. The number of β-amino-alcohol motifs (C(OH)–C–C–N with tert-alkyl or cyclic N) is 1. The number of rotatable bonds is 3. The quantitative estimate of drug-likeness (QED) is 0.892. The Balaban J connectivity index is 1.77. The van der Waals surface area contributed by atoms with Crippen molar-refractivity contribution in [3.05, 3.63) is 15.6 Å². The number of nitrogens with one attached hydrogen (secondary N) is 1. The fourth-order valence-corrected chi connectivity index (χ4v) is 3.37. The zero-order valence-corrected chi connectivity index (χ0v) is 13.2. The predicted octanol–water partition coefficient (Wildman–Crippen LogP) is 1.71. The highest BCUT2D eigenvalue weighted by Crippen LogP contribution is 2.18. The number of nitrogens with zero attached hydrogens (tertiary/aromatic N) is 2. The zero-order chi connectivity index (χ0) is 14.7. The lowest BCUT2D eigenvalue weighted by Gasteiger charge is -2.34. The molecule has 2 amide bonds. The van der Waals surface area contributed by atoms with Gasteiger partial charge in [-0.05, 0) is 26.2 Å². The van der Waals surface area contributed by atoms with E-state index in [0.29, 0.717) is 13.1 Å². The first-order chi connectivity index (χ1) is 9.47. The van der Waals surface area contributed by atoms with E-state index in [1.807, 2.05) is 20.8 Å². The van der Waals surface area contributed by atoms with Crippen molar-refractivity contribution < 1.29 is 9.90 Å². The van der Waals surface area contributed by atoms with E-state index in [2.05, 4.69) is 10.3 Å². The Morgan fingerprint density at radius 3 is 2.90 bits per heavy atom. The van der Waals surface area contributed by atoms with Gasteiger partial charge in [-0.25, -0.2) is 9.78 Å². The Bertz CT molecular complexity index is 475. The van der Waals surface area contributed by atoms with E-state index in [1.165, 1.54) is 4.88 Å². The SMILES string of the molecule is Cc1nc(C)c(CCNC(=O)N2CCC(C)C(O)C2)s1. The summed E-state index contributed by atoms with van der Waals surface area (Å²) < 4.78 is 0. The largest absolute Gasteiger partial charge is 0.391 e. The van der Waals surface area contributed by atoms with Crippen molar-refractivity contribution in [1.29, 1.82) is 0 Å². The molecule has 1 saturated heterocycles. The number of amides is 2. The highest BCUT2D eigenvalue weighted by atomic mass is 32.1. The average molecular weight is 297 g/mol. The first-order valence-corrected chi connectivity index (χ1v) is 7.92. The van der Waals surface area contributed by atoms with Crippen molar-refractivity contribution in [1.82, 2.24) is 15.2 Å². The molecule has 0 bridgehead atoms. The van der Waals surface area contributed by atoms with Crippen LogP contribution in [0.4, 0.5) is 4.79 Å². The standard InChI is InChI=1S/C14H23N3O2S/c1-9-5-7-17(8-12(9)18)14(19)15-6-4-13-10(2)16-11(3)20-13/h9,12,18H,4-8H2,1-3H3,(H,15,19). The third-order valence-corrected chi connectivity index (χ3v) is 4.97. The number of thiazole rings is 1. The number of aliphatic hydroxyl groups is 1. The number of carbonyl (C=O) groups is 1. The van der Waals surface area contributed by atoms with Crippen LogP contribution in [-0.4, -0.2) is 46.8 Å². The first-order valence-electron chi connectivity index (χ1n) is 7.11. The van der Waals surface area contributed by atoms with E-state index in [-0.39, 0.29) is 11.9 Å². The molecule has 1 aromatic rings. The molecule has 1 aromatic heterocycles. The number of hydrogen-bond donors (Lipinski definition) is 2. The van der Waals surface area contributed by atoms with Crippen LogP contribution in [0, 0.1) is 19.8 Å². The Labute approximate surface area is 124 Å². The predicted molar refractivity (Wildman–Crippen MR) is 80.1 cm³/mol. The maximum Gasteiger partial charge on any atom is 0.317 e. The fourth-order valence-electron chi connectivity index (χ4n) is 2.43. The lowest BCUT2D eigenvalue weighted by atomic mass is 9.96. The van der Waals surface area contributed by atoms with Gasteiger partial charge in [0.2, 0.25) is 0 Å². The van der Waals surface area contributed by atoms with Crippen molar-refractivity contribution >= 4 is 17.4 Å². The summed E-state index contributed by atoms with van der Waals surface area (Å²) in [5, 5.41) is 13.8. The van der Waals surface area contributed by atoms with E-state index >= 15 is 0 Å². The second-order valence-electron chi connectivity index (χ2n) is 5.50. The Morgan fingerprint density at radius 1 is 1.55 bits per heavy atom. The molecule has 0 spiro atoms. The van der Waals surface area contributed by atoms with Gasteiger partial charge in [0.15, 0.2) is 0 Å². The Morgan fingerprint density at radius 2 is 2.30 bits per heavy atom. The van der Waals surface area contributed by atoms with Crippen LogP contribution < -0.4 is 5.32 Å². The number of aryl methyl sites for hydroxylation is 2. The van der Waals surface area contributed by atoms with Crippen LogP contribution in [0.25, 0.3) is 0 Å².